The van der Waals surface area contributed by atoms with Crippen molar-refractivity contribution in [1.82, 2.24) is 0 Å². The monoisotopic (exact) mass is 538 g/mol. The molecule has 0 spiro atoms. The highest BCUT2D eigenvalue weighted by Gasteiger charge is 2.32. The second-order valence-corrected chi connectivity index (χ2v) is 10.3. The van der Waals surface area contributed by atoms with Crippen LogP contribution in [0.5, 0.6) is 5.75 Å². The standard InChI is InChI=1S/C35H38O5/c1-37-34-15-9-8-14-29(34)18-28-16-17-30(22-36)33(19-28)35-21-31(39-24-27-12-6-3-7-13-27)20-32(40-35)25-38-23-26-10-4-2-5-11-26/h2-17,19,31-32,35-36H,18,20-25H2,1H3/t31-,32-,35+/m0/s1. The molecule has 1 saturated heterocycles. The van der Waals surface area contributed by atoms with E-state index in [1.165, 1.54) is 0 Å². The summed E-state index contributed by atoms with van der Waals surface area (Å²) >= 11 is 0. The summed E-state index contributed by atoms with van der Waals surface area (Å²) in [5.41, 5.74) is 6.44. The molecule has 4 aromatic carbocycles. The third-order valence-electron chi connectivity index (χ3n) is 7.42. The van der Waals surface area contributed by atoms with Crippen LogP contribution in [0.2, 0.25) is 0 Å². The summed E-state index contributed by atoms with van der Waals surface area (Å²) < 4.78 is 24.7. The summed E-state index contributed by atoms with van der Waals surface area (Å²) in [6.45, 7) is 1.52. The van der Waals surface area contributed by atoms with E-state index in [0.717, 1.165) is 52.0 Å². The van der Waals surface area contributed by atoms with Gasteiger partial charge in [0.25, 0.3) is 0 Å². The Labute approximate surface area is 237 Å². The molecule has 0 amide bonds. The molecule has 5 rings (SSSR count). The first-order valence-corrected chi connectivity index (χ1v) is 14.0. The van der Waals surface area contributed by atoms with Crippen LogP contribution >= 0.6 is 0 Å². The Morgan fingerprint density at radius 1 is 0.750 bits per heavy atom. The molecule has 1 fully saturated rings. The first-order valence-electron chi connectivity index (χ1n) is 14.0. The lowest BCUT2D eigenvalue weighted by Crippen LogP contribution is -2.36. The maximum absolute atomic E-state index is 10.2. The zero-order chi connectivity index (χ0) is 27.6. The number of rotatable bonds is 12. The van der Waals surface area contributed by atoms with Gasteiger partial charge in [0, 0.05) is 19.3 Å². The molecule has 3 atom stereocenters. The average Bonchev–Trinajstić information content (AvgIpc) is 3.01. The van der Waals surface area contributed by atoms with Crippen molar-refractivity contribution < 1.29 is 24.1 Å². The van der Waals surface area contributed by atoms with E-state index in [0.29, 0.717) is 26.2 Å². The van der Waals surface area contributed by atoms with Crippen LogP contribution in [-0.2, 0) is 40.5 Å². The Balaban J connectivity index is 1.34. The number of aliphatic hydroxyl groups excluding tert-OH is 1. The third-order valence-corrected chi connectivity index (χ3v) is 7.42. The highest BCUT2D eigenvalue weighted by atomic mass is 16.5. The van der Waals surface area contributed by atoms with E-state index >= 15 is 0 Å². The van der Waals surface area contributed by atoms with Gasteiger partial charge in [0.2, 0.25) is 0 Å². The molecule has 1 N–H and O–H groups in total. The van der Waals surface area contributed by atoms with Gasteiger partial charge in [-0.15, -0.1) is 0 Å². The van der Waals surface area contributed by atoms with Crippen LogP contribution in [0, 0.1) is 0 Å². The Bertz CT molecular complexity index is 1320. The van der Waals surface area contributed by atoms with Crippen LogP contribution in [0.25, 0.3) is 0 Å². The maximum atomic E-state index is 10.2. The van der Waals surface area contributed by atoms with Crippen LogP contribution in [0.15, 0.2) is 103 Å². The van der Waals surface area contributed by atoms with E-state index in [1.54, 1.807) is 7.11 Å². The lowest BCUT2D eigenvalue weighted by Gasteiger charge is -2.36. The molecule has 1 aliphatic heterocycles. The molecule has 5 heteroatoms. The van der Waals surface area contributed by atoms with Crippen molar-refractivity contribution in [3.8, 4) is 5.75 Å². The van der Waals surface area contributed by atoms with Crippen LogP contribution in [-0.4, -0.2) is 31.0 Å². The van der Waals surface area contributed by atoms with E-state index in [9.17, 15) is 5.11 Å². The molecule has 40 heavy (non-hydrogen) atoms. The molecular formula is C35H38O5. The predicted molar refractivity (Wildman–Crippen MR) is 156 cm³/mol. The van der Waals surface area contributed by atoms with Crippen molar-refractivity contribution in [3.63, 3.8) is 0 Å². The minimum atomic E-state index is -0.209. The van der Waals surface area contributed by atoms with Crippen LogP contribution in [0.4, 0.5) is 0 Å². The number of benzene rings is 4. The number of methoxy groups -OCH3 is 1. The highest BCUT2D eigenvalue weighted by Crippen LogP contribution is 2.36. The van der Waals surface area contributed by atoms with Gasteiger partial charge in [0.05, 0.1) is 51.8 Å². The molecule has 1 aliphatic rings. The van der Waals surface area contributed by atoms with E-state index in [-0.39, 0.29) is 24.9 Å². The topological polar surface area (TPSA) is 57.2 Å². The van der Waals surface area contributed by atoms with E-state index < -0.39 is 0 Å². The normalized spacial score (nSPS) is 18.9. The first kappa shape index (κ1) is 28.1. The number of ether oxygens (including phenoxy) is 4. The Morgan fingerprint density at radius 2 is 1.45 bits per heavy atom. The van der Waals surface area contributed by atoms with Gasteiger partial charge in [-0.05, 0) is 39.4 Å². The number of aliphatic hydroxyl groups is 1. The second-order valence-electron chi connectivity index (χ2n) is 10.3. The first-order chi connectivity index (χ1) is 19.7. The Hall–Kier alpha value is -3.48. The number of para-hydroxylation sites is 1. The van der Waals surface area contributed by atoms with Gasteiger partial charge >= 0.3 is 0 Å². The Kier molecular flexibility index (Phi) is 9.99. The molecule has 208 valence electrons. The average molecular weight is 539 g/mol. The van der Waals surface area contributed by atoms with Gasteiger partial charge in [0.15, 0.2) is 0 Å². The molecule has 0 saturated carbocycles. The lowest BCUT2D eigenvalue weighted by atomic mass is 9.90. The molecule has 4 aromatic rings. The molecule has 0 bridgehead atoms. The van der Waals surface area contributed by atoms with Gasteiger partial charge in [-0.3, -0.25) is 0 Å². The SMILES string of the molecule is COc1ccccc1Cc1ccc(CO)c([C@H]2C[C@@H](OCc3ccccc3)C[C@@H](COCc3ccccc3)O2)c1. The molecule has 0 radical (unpaired) electrons. The fraction of sp³-hybridized carbons (Fsp3) is 0.314. The summed E-state index contributed by atoms with van der Waals surface area (Å²) in [6, 6.07) is 34.8. The zero-order valence-electron chi connectivity index (χ0n) is 23.1. The van der Waals surface area contributed by atoms with Gasteiger partial charge in [-0.1, -0.05) is 97.1 Å². The van der Waals surface area contributed by atoms with Crippen molar-refractivity contribution in [3.05, 3.63) is 137 Å². The van der Waals surface area contributed by atoms with Gasteiger partial charge in [-0.2, -0.15) is 0 Å². The van der Waals surface area contributed by atoms with Crippen molar-refractivity contribution in [2.45, 2.75) is 57.4 Å². The van der Waals surface area contributed by atoms with Crippen molar-refractivity contribution in [2.75, 3.05) is 13.7 Å². The van der Waals surface area contributed by atoms with Crippen LogP contribution < -0.4 is 4.74 Å². The summed E-state index contributed by atoms with van der Waals surface area (Å²) in [4.78, 5) is 0. The van der Waals surface area contributed by atoms with Crippen LogP contribution in [0.1, 0.15) is 52.3 Å². The largest absolute Gasteiger partial charge is 0.496 e. The minimum Gasteiger partial charge on any atom is -0.496 e. The highest BCUT2D eigenvalue weighted by molar-refractivity contribution is 5.41. The second kappa shape index (κ2) is 14.2. The third kappa shape index (κ3) is 7.58. The molecule has 0 aromatic heterocycles. The fourth-order valence-electron chi connectivity index (χ4n) is 5.35. The Morgan fingerprint density at radius 3 is 2.17 bits per heavy atom. The van der Waals surface area contributed by atoms with E-state index in [4.69, 9.17) is 18.9 Å². The lowest BCUT2D eigenvalue weighted by molar-refractivity contribution is -0.142. The summed E-state index contributed by atoms with van der Waals surface area (Å²) in [7, 11) is 1.70. The quantitative estimate of drug-likeness (QED) is 0.215. The smallest absolute Gasteiger partial charge is 0.122 e. The van der Waals surface area contributed by atoms with Gasteiger partial charge < -0.3 is 24.1 Å². The fourth-order valence-corrected chi connectivity index (χ4v) is 5.35. The van der Waals surface area contributed by atoms with Gasteiger partial charge in [-0.25, -0.2) is 0 Å². The summed E-state index contributed by atoms with van der Waals surface area (Å²) in [5.74, 6) is 0.870. The molecule has 1 heterocycles. The van der Waals surface area contributed by atoms with Crippen LogP contribution in [0.3, 0.4) is 0 Å². The summed E-state index contributed by atoms with van der Waals surface area (Å²) in [5, 5.41) is 10.2. The van der Waals surface area contributed by atoms with E-state index in [1.807, 2.05) is 60.7 Å². The number of hydrogen-bond acceptors (Lipinski definition) is 5. The van der Waals surface area contributed by atoms with Crippen molar-refractivity contribution >= 4 is 0 Å². The molecular weight excluding hydrogens is 500 g/mol. The predicted octanol–water partition coefficient (Wildman–Crippen LogP) is 6.80. The summed E-state index contributed by atoms with van der Waals surface area (Å²) in [6.07, 6.45) is 1.88. The number of hydrogen-bond donors (Lipinski definition) is 1. The van der Waals surface area contributed by atoms with Crippen molar-refractivity contribution in [2.24, 2.45) is 0 Å². The molecule has 0 aliphatic carbocycles. The molecule has 0 unspecified atom stereocenters. The maximum Gasteiger partial charge on any atom is 0.122 e. The van der Waals surface area contributed by atoms with Gasteiger partial charge in [0.1, 0.15) is 5.75 Å². The minimum absolute atomic E-state index is 0.00805. The van der Waals surface area contributed by atoms with Crippen molar-refractivity contribution in [1.29, 1.82) is 0 Å². The van der Waals surface area contributed by atoms with E-state index in [2.05, 4.69) is 42.5 Å². The zero-order valence-corrected chi connectivity index (χ0v) is 23.1. The molecule has 5 nitrogen and oxygen atoms in total.